The first-order valence-electron chi connectivity index (χ1n) is 6.33. The van der Waals surface area contributed by atoms with Crippen LogP contribution in [0.3, 0.4) is 0 Å². The Kier molecular flexibility index (Phi) is 6.18. The highest BCUT2D eigenvalue weighted by molar-refractivity contribution is 7.90. The lowest BCUT2D eigenvalue weighted by Crippen LogP contribution is -2.24. The largest absolute Gasteiger partial charge is 0.416 e. The first-order valence-corrected chi connectivity index (χ1v) is 8.39. The molecule has 0 fully saturated rings. The number of nitrogens with one attached hydrogen (secondary N) is 1. The number of aliphatic hydroxyl groups is 1. The van der Waals surface area contributed by atoms with Gasteiger partial charge in [-0.1, -0.05) is 12.1 Å². The van der Waals surface area contributed by atoms with Crippen LogP contribution in [0.25, 0.3) is 0 Å². The monoisotopic (exact) mass is 325 g/mol. The first kappa shape index (κ1) is 17.9. The SMILES string of the molecule is CS(=O)(=O)CCCNCC(O)c1ccc(C(F)(F)F)cc1. The van der Waals surface area contributed by atoms with E-state index in [9.17, 15) is 26.7 Å². The average Bonchev–Trinajstić information content (AvgIpc) is 2.36. The molecule has 1 atom stereocenters. The molecule has 1 unspecified atom stereocenters. The Morgan fingerprint density at radius 2 is 1.81 bits per heavy atom. The second kappa shape index (κ2) is 7.24. The average molecular weight is 325 g/mol. The number of hydrogen-bond acceptors (Lipinski definition) is 4. The van der Waals surface area contributed by atoms with E-state index in [1.54, 1.807) is 0 Å². The third-order valence-electron chi connectivity index (χ3n) is 2.83. The van der Waals surface area contributed by atoms with Crippen LogP contribution in [0.1, 0.15) is 23.7 Å². The number of aliphatic hydroxyl groups excluding tert-OH is 1. The predicted octanol–water partition coefficient (Wildman–Crippen LogP) is 1.76. The van der Waals surface area contributed by atoms with Crippen LogP contribution < -0.4 is 5.32 Å². The Balaban J connectivity index is 2.40. The quantitative estimate of drug-likeness (QED) is 0.750. The number of benzene rings is 1. The number of halogens is 3. The number of alkyl halides is 3. The van der Waals surface area contributed by atoms with Gasteiger partial charge in [-0.2, -0.15) is 13.2 Å². The van der Waals surface area contributed by atoms with Crippen molar-refractivity contribution in [2.24, 2.45) is 0 Å². The van der Waals surface area contributed by atoms with Crippen LogP contribution in [-0.4, -0.2) is 38.6 Å². The smallest absolute Gasteiger partial charge is 0.387 e. The zero-order valence-corrected chi connectivity index (χ0v) is 12.3. The van der Waals surface area contributed by atoms with Gasteiger partial charge in [0.2, 0.25) is 0 Å². The molecular weight excluding hydrogens is 307 g/mol. The van der Waals surface area contributed by atoms with E-state index in [1.807, 2.05) is 0 Å². The van der Waals surface area contributed by atoms with E-state index in [0.29, 0.717) is 18.5 Å². The zero-order valence-electron chi connectivity index (χ0n) is 11.5. The zero-order chi connectivity index (χ0) is 16.1. The molecule has 0 aromatic heterocycles. The molecular formula is C13H18F3NO3S. The fraction of sp³-hybridized carbons (Fsp3) is 0.538. The van der Waals surface area contributed by atoms with Gasteiger partial charge in [0.05, 0.1) is 17.4 Å². The molecule has 120 valence electrons. The molecule has 21 heavy (non-hydrogen) atoms. The Morgan fingerprint density at radius 1 is 1.24 bits per heavy atom. The van der Waals surface area contributed by atoms with E-state index < -0.39 is 27.7 Å². The van der Waals surface area contributed by atoms with E-state index in [-0.39, 0.29) is 12.3 Å². The summed E-state index contributed by atoms with van der Waals surface area (Å²) in [5.74, 6) is 0.0520. The normalized spacial score (nSPS) is 14.1. The van der Waals surface area contributed by atoms with E-state index >= 15 is 0 Å². The van der Waals surface area contributed by atoms with E-state index in [4.69, 9.17) is 0 Å². The molecule has 1 rings (SSSR count). The summed E-state index contributed by atoms with van der Waals surface area (Å²) in [7, 11) is -3.00. The van der Waals surface area contributed by atoms with Crippen LogP contribution in [0, 0.1) is 0 Å². The van der Waals surface area contributed by atoms with Crippen LogP contribution in [0.5, 0.6) is 0 Å². The molecule has 0 aliphatic heterocycles. The molecule has 4 nitrogen and oxygen atoms in total. The highest BCUT2D eigenvalue weighted by Crippen LogP contribution is 2.29. The van der Waals surface area contributed by atoms with Crippen molar-refractivity contribution in [2.45, 2.75) is 18.7 Å². The molecule has 0 heterocycles. The molecule has 0 amide bonds. The maximum absolute atomic E-state index is 12.4. The van der Waals surface area contributed by atoms with Crippen molar-refractivity contribution in [3.05, 3.63) is 35.4 Å². The topological polar surface area (TPSA) is 66.4 Å². The minimum absolute atomic E-state index is 0.0520. The third kappa shape index (κ3) is 6.92. The summed E-state index contributed by atoms with van der Waals surface area (Å²) >= 11 is 0. The summed E-state index contributed by atoms with van der Waals surface area (Å²) in [5.41, 5.74) is -0.391. The van der Waals surface area contributed by atoms with Gasteiger partial charge in [-0.05, 0) is 30.7 Å². The third-order valence-corrected chi connectivity index (χ3v) is 3.86. The van der Waals surface area contributed by atoms with Gasteiger partial charge in [0.25, 0.3) is 0 Å². The van der Waals surface area contributed by atoms with Crippen molar-refractivity contribution in [3.8, 4) is 0 Å². The second-order valence-electron chi connectivity index (χ2n) is 4.82. The van der Waals surface area contributed by atoms with Crippen molar-refractivity contribution in [1.82, 2.24) is 5.32 Å². The summed E-state index contributed by atoms with van der Waals surface area (Å²) in [4.78, 5) is 0. The van der Waals surface area contributed by atoms with Gasteiger partial charge in [-0.15, -0.1) is 0 Å². The fourth-order valence-electron chi connectivity index (χ4n) is 1.71. The first-order chi connectivity index (χ1) is 9.59. The minimum atomic E-state index is -4.40. The highest BCUT2D eigenvalue weighted by atomic mass is 32.2. The molecule has 0 bridgehead atoms. The van der Waals surface area contributed by atoms with Crippen molar-refractivity contribution in [3.63, 3.8) is 0 Å². The second-order valence-corrected chi connectivity index (χ2v) is 7.08. The summed E-state index contributed by atoms with van der Waals surface area (Å²) in [6.07, 6.45) is -3.78. The maximum atomic E-state index is 12.4. The molecule has 8 heteroatoms. The Bertz CT molecular complexity index is 541. The molecule has 0 aliphatic carbocycles. The summed E-state index contributed by atoms with van der Waals surface area (Å²) < 4.78 is 58.9. The van der Waals surface area contributed by atoms with Crippen LogP contribution in [-0.2, 0) is 16.0 Å². The number of rotatable bonds is 7. The lowest BCUT2D eigenvalue weighted by molar-refractivity contribution is -0.137. The molecule has 0 spiro atoms. The van der Waals surface area contributed by atoms with Crippen molar-refractivity contribution >= 4 is 9.84 Å². The van der Waals surface area contributed by atoms with Crippen molar-refractivity contribution < 1.29 is 26.7 Å². The van der Waals surface area contributed by atoms with Gasteiger partial charge in [-0.25, -0.2) is 8.42 Å². The van der Waals surface area contributed by atoms with Gasteiger partial charge < -0.3 is 10.4 Å². The van der Waals surface area contributed by atoms with E-state index in [0.717, 1.165) is 18.4 Å². The minimum Gasteiger partial charge on any atom is -0.387 e. The Hall–Kier alpha value is -1.12. The molecule has 0 radical (unpaired) electrons. The van der Waals surface area contributed by atoms with Gasteiger partial charge in [0.15, 0.2) is 0 Å². The molecule has 0 saturated heterocycles. The highest BCUT2D eigenvalue weighted by Gasteiger charge is 2.30. The predicted molar refractivity (Wildman–Crippen MR) is 73.6 cm³/mol. The molecule has 1 aromatic carbocycles. The standard InChI is InChI=1S/C13H18F3NO3S/c1-21(19,20)8-2-7-17-9-12(18)10-3-5-11(6-4-10)13(14,15)16/h3-6,12,17-18H,2,7-9H2,1H3. The maximum Gasteiger partial charge on any atom is 0.416 e. The molecule has 0 saturated carbocycles. The van der Waals surface area contributed by atoms with Gasteiger partial charge in [-0.3, -0.25) is 0 Å². The van der Waals surface area contributed by atoms with Crippen LogP contribution >= 0.6 is 0 Å². The van der Waals surface area contributed by atoms with Crippen LogP contribution in [0.2, 0.25) is 0 Å². The van der Waals surface area contributed by atoms with Crippen LogP contribution in [0.4, 0.5) is 13.2 Å². The Labute approximate surface area is 121 Å². The van der Waals surface area contributed by atoms with Gasteiger partial charge >= 0.3 is 6.18 Å². The van der Waals surface area contributed by atoms with E-state index in [1.165, 1.54) is 12.1 Å². The van der Waals surface area contributed by atoms with E-state index in [2.05, 4.69) is 5.32 Å². The van der Waals surface area contributed by atoms with Crippen molar-refractivity contribution in [2.75, 3.05) is 25.1 Å². The molecule has 0 aliphatic rings. The number of sulfone groups is 1. The van der Waals surface area contributed by atoms with Gasteiger partial charge in [0, 0.05) is 12.8 Å². The number of hydrogen-bond donors (Lipinski definition) is 2. The van der Waals surface area contributed by atoms with Crippen LogP contribution in [0.15, 0.2) is 24.3 Å². The Morgan fingerprint density at radius 3 is 2.29 bits per heavy atom. The summed E-state index contributed by atoms with van der Waals surface area (Å²) in [6.45, 7) is 0.555. The fourth-order valence-corrected chi connectivity index (χ4v) is 2.38. The summed E-state index contributed by atoms with van der Waals surface area (Å²) in [6, 6.07) is 4.29. The lowest BCUT2D eigenvalue weighted by atomic mass is 10.1. The summed E-state index contributed by atoms with van der Waals surface area (Å²) in [5, 5.41) is 12.7. The van der Waals surface area contributed by atoms with Gasteiger partial charge in [0.1, 0.15) is 9.84 Å². The molecule has 2 N–H and O–H groups in total. The molecule has 1 aromatic rings. The lowest BCUT2D eigenvalue weighted by Gasteiger charge is -2.13. The van der Waals surface area contributed by atoms with Crippen molar-refractivity contribution in [1.29, 1.82) is 0 Å².